The van der Waals surface area contributed by atoms with Crippen molar-refractivity contribution in [2.24, 2.45) is 0 Å². The number of morpholine rings is 1. The van der Waals surface area contributed by atoms with Gasteiger partial charge in [0.2, 0.25) is 11.9 Å². The number of ether oxygens (including phenoxy) is 1. The number of aryl methyl sites for hydroxylation is 1. The summed E-state index contributed by atoms with van der Waals surface area (Å²) in [6, 6.07) is 0.367. The maximum absolute atomic E-state index is 13.0. The van der Waals surface area contributed by atoms with Crippen molar-refractivity contribution in [3.8, 4) is 0 Å². The van der Waals surface area contributed by atoms with Crippen LogP contribution in [0.5, 0.6) is 0 Å². The highest BCUT2D eigenvalue weighted by atomic mass is 32.1. The fourth-order valence-corrected chi connectivity index (χ4v) is 5.11. The number of aromatic nitrogens is 3. The van der Waals surface area contributed by atoms with Crippen LogP contribution in [0.15, 0.2) is 11.6 Å². The largest absolute Gasteiger partial charge is 0.378 e. The van der Waals surface area contributed by atoms with Gasteiger partial charge in [-0.15, -0.1) is 11.3 Å². The molecule has 2 aromatic rings. The van der Waals surface area contributed by atoms with Gasteiger partial charge in [-0.05, 0) is 19.8 Å². The summed E-state index contributed by atoms with van der Waals surface area (Å²) in [5.41, 5.74) is 3.13. The van der Waals surface area contributed by atoms with Crippen molar-refractivity contribution in [1.29, 1.82) is 0 Å². The molecule has 2 fully saturated rings. The van der Waals surface area contributed by atoms with Gasteiger partial charge in [0.25, 0.3) is 0 Å². The molecule has 3 aliphatic heterocycles. The van der Waals surface area contributed by atoms with Gasteiger partial charge in [0, 0.05) is 42.7 Å². The topological polar surface area (TPSA) is 71.5 Å². The van der Waals surface area contributed by atoms with Crippen LogP contribution in [0.2, 0.25) is 0 Å². The number of thiazole rings is 1. The standard InChI is InChI=1S/C19H23N5O2S/c1-12-21-13(11-27-12)8-18(25)24-14-2-3-17(24)15-10-20-19(22-16(15)9-14)23-4-6-26-7-5-23/h10-11,14,17H,2-9H2,1H3/t14-,17+/m1/s1. The molecule has 5 rings (SSSR count). The minimum atomic E-state index is 0.115. The molecule has 0 unspecified atom stereocenters. The predicted octanol–water partition coefficient (Wildman–Crippen LogP) is 1.91. The fourth-order valence-electron chi connectivity index (χ4n) is 4.50. The highest BCUT2D eigenvalue weighted by Crippen LogP contribution is 2.43. The molecule has 0 spiro atoms. The van der Waals surface area contributed by atoms with Crippen molar-refractivity contribution in [3.05, 3.63) is 33.5 Å². The molecule has 0 N–H and O–H groups in total. The van der Waals surface area contributed by atoms with Gasteiger partial charge in [-0.25, -0.2) is 15.0 Å². The van der Waals surface area contributed by atoms with E-state index in [1.165, 1.54) is 0 Å². The maximum Gasteiger partial charge on any atom is 0.229 e. The van der Waals surface area contributed by atoms with Gasteiger partial charge >= 0.3 is 0 Å². The fraction of sp³-hybridized carbons (Fsp3) is 0.579. The molecule has 0 saturated carbocycles. The molecule has 1 amide bonds. The lowest BCUT2D eigenvalue weighted by Crippen LogP contribution is -2.43. The molecule has 2 aromatic heterocycles. The summed E-state index contributed by atoms with van der Waals surface area (Å²) in [5, 5.41) is 3.00. The number of hydrogen-bond donors (Lipinski definition) is 0. The van der Waals surface area contributed by atoms with Crippen LogP contribution in [-0.4, -0.2) is 58.1 Å². The molecule has 0 aliphatic carbocycles. The van der Waals surface area contributed by atoms with Crippen LogP contribution in [0.1, 0.15) is 40.8 Å². The molecule has 0 aromatic carbocycles. The molecule has 5 heterocycles. The van der Waals surface area contributed by atoms with E-state index in [2.05, 4.69) is 19.8 Å². The molecular formula is C19H23N5O2S. The van der Waals surface area contributed by atoms with Crippen molar-refractivity contribution in [3.63, 3.8) is 0 Å². The highest BCUT2D eigenvalue weighted by molar-refractivity contribution is 7.09. The van der Waals surface area contributed by atoms with Crippen molar-refractivity contribution in [2.75, 3.05) is 31.2 Å². The second-order valence-electron chi connectivity index (χ2n) is 7.46. The van der Waals surface area contributed by atoms with Crippen molar-refractivity contribution < 1.29 is 9.53 Å². The average Bonchev–Trinajstić information content (AvgIpc) is 3.24. The van der Waals surface area contributed by atoms with Crippen LogP contribution in [0.3, 0.4) is 0 Å². The van der Waals surface area contributed by atoms with E-state index in [4.69, 9.17) is 9.72 Å². The summed E-state index contributed by atoms with van der Waals surface area (Å²) >= 11 is 1.60. The molecule has 2 atom stereocenters. The molecule has 8 heteroatoms. The number of amides is 1. The van der Waals surface area contributed by atoms with Crippen molar-refractivity contribution >= 4 is 23.2 Å². The number of carbonyl (C=O) groups excluding carboxylic acids is 1. The Bertz CT molecular complexity index is 864. The van der Waals surface area contributed by atoms with Gasteiger partial charge in [0.15, 0.2) is 0 Å². The number of nitrogens with zero attached hydrogens (tertiary/aromatic N) is 5. The summed E-state index contributed by atoms with van der Waals surface area (Å²) in [5.74, 6) is 0.977. The first-order valence-corrected chi connectivity index (χ1v) is 10.5. The molecule has 142 valence electrons. The summed E-state index contributed by atoms with van der Waals surface area (Å²) in [4.78, 5) is 31.2. The third-order valence-corrected chi connectivity index (χ3v) is 6.58. The summed E-state index contributed by atoms with van der Waals surface area (Å²) in [6.45, 7) is 5.10. The van der Waals surface area contributed by atoms with Crippen LogP contribution in [0, 0.1) is 6.92 Å². The lowest BCUT2D eigenvalue weighted by Gasteiger charge is -2.36. The first-order chi connectivity index (χ1) is 13.2. The van der Waals surface area contributed by atoms with Crippen LogP contribution < -0.4 is 4.90 Å². The summed E-state index contributed by atoms with van der Waals surface area (Å²) < 4.78 is 5.42. The van der Waals surface area contributed by atoms with Gasteiger partial charge in [-0.3, -0.25) is 4.79 Å². The third-order valence-electron chi connectivity index (χ3n) is 5.76. The Hall–Kier alpha value is -2.06. The van der Waals surface area contributed by atoms with Gasteiger partial charge in [0.05, 0.1) is 42.1 Å². The van der Waals surface area contributed by atoms with E-state index in [0.717, 1.165) is 73.5 Å². The van der Waals surface area contributed by atoms with E-state index in [0.29, 0.717) is 6.42 Å². The number of fused-ring (bicyclic) bond motifs is 4. The zero-order valence-electron chi connectivity index (χ0n) is 15.4. The van der Waals surface area contributed by atoms with E-state index in [1.807, 2.05) is 18.5 Å². The Kier molecular flexibility index (Phi) is 4.32. The monoisotopic (exact) mass is 385 g/mol. The second-order valence-corrected chi connectivity index (χ2v) is 8.52. The van der Waals surface area contributed by atoms with Crippen molar-refractivity contribution in [1.82, 2.24) is 19.9 Å². The number of carbonyl (C=O) groups is 1. The lowest BCUT2D eigenvalue weighted by atomic mass is 9.98. The van der Waals surface area contributed by atoms with Crippen molar-refractivity contribution in [2.45, 2.75) is 44.7 Å². The molecule has 7 nitrogen and oxygen atoms in total. The van der Waals surface area contributed by atoms with Gasteiger partial charge < -0.3 is 14.5 Å². The number of hydrogen-bond acceptors (Lipinski definition) is 7. The highest BCUT2D eigenvalue weighted by Gasteiger charge is 2.43. The smallest absolute Gasteiger partial charge is 0.229 e. The minimum absolute atomic E-state index is 0.115. The van der Waals surface area contributed by atoms with Gasteiger partial charge in [-0.2, -0.15) is 0 Å². The van der Waals surface area contributed by atoms with Crippen LogP contribution >= 0.6 is 11.3 Å². The Labute approximate surface area is 162 Å². The summed E-state index contributed by atoms with van der Waals surface area (Å²) in [7, 11) is 0. The Balaban J connectivity index is 1.37. The van der Waals surface area contributed by atoms with E-state index >= 15 is 0 Å². The van der Waals surface area contributed by atoms with Crippen LogP contribution in [-0.2, 0) is 22.4 Å². The van der Waals surface area contributed by atoms with Crippen LogP contribution in [0.4, 0.5) is 5.95 Å². The third kappa shape index (κ3) is 3.10. The molecule has 0 radical (unpaired) electrons. The zero-order valence-corrected chi connectivity index (χ0v) is 16.2. The van der Waals surface area contributed by atoms with E-state index in [-0.39, 0.29) is 18.0 Å². The minimum Gasteiger partial charge on any atom is -0.378 e. The average molecular weight is 385 g/mol. The molecule has 3 aliphatic rings. The number of rotatable bonds is 3. The first kappa shape index (κ1) is 17.1. The molecule has 2 saturated heterocycles. The summed E-state index contributed by atoms with van der Waals surface area (Å²) in [6.07, 6.45) is 5.20. The van der Waals surface area contributed by atoms with Crippen LogP contribution in [0.25, 0.3) is 0 Å². The second kappa shape index (κ2) is 6.83. The Morgan fingerprint density at radius 3 is 2.93 bits per heavy atom. The van der Waals surface area contributed by atoms with Gasteiger partial charge in [-0.1, -0.05) is 0 Å². The number of anilines is 1. The first-order valence-electron chi connectivity index (χ1n) is 9.60. The maximum atomic E-state index is 13.0. The van der Waals surface area contributed by atoms with Gasteiger partial charge in [0.1, 0.15) is 0 Å². The van der Waals surface area contributed by atoms with E-state index < -0.39 is 0 Å². The molecule has 2 bridgehead atoms. The van der Waals surface area contributed by atoms with E-state index in [1.54, 1.807) is 11.3 Å². The molecular weight excluding hydrogens is 362 g/mol. The molecule has 27 heavy (non-hydrogen) atoms. The zero-order chi connectivity index (χ0) is 18.4. The Morgan fingerprint density at radius 1 is 1.30 bits per heavy atom. The quantitative estimate of drug-likeness (QED) is 0.804. The lowest BCUT2D eigenvalue weighted by molar-refractivity contribution is -0.134. The van der Waals surface area contributed by atoms with E-state index in [9.17, 15) is 4.79 Å². The predicted molar refractivity (Wildman–Crippen MR) is 102 cm³/mol. The normalized spacial score (nSPS) is 24.2. The Morgan fingerprint density at radius 2 is 2.15 bits per heavy atom. The SMILES string of the molecule is Cc1nc(CC(=O)N2[C@@H]3CC[C@H]2c2cnc(N4CCOCC4)nc2C3)cs1.